The van der Waals surface area contributed by atoms with Crippen LogP contribution < -0.4 is 0 Å². The monoisotopic (exact) mass is 238 g/mol. The van der Waals surface area contributed by atoms with Gasteiger partial charge >= 0.3 is 6.55 Å². The van der Waals surface area contributed by atoms with Crippen LogP contribution >= 0.6 is 0 Å². The summed E-state index contributed by atoms with van der Waals surface area (Å²) in [6, 6.07) is 5.74. The lowest BCUT2D eigenvalue weighted by molar-refractivity contribution is 0.0552. The Balaban J connectivity index is 2.64. The Morgan fingerprint density at radius 1 is 1.24 bits per heavy atom. The first-order valence-corrected chi connectivity index (χ1v) is 5.58. The zero-order chi connectivity index (χ0) is 12.8. The van der Waals surface area contributed by atoms with Crippen LogP contribution in [0.3, 0.4) is 0 Å². The van der Waals surface area contributed by atoms with Crippen molar-refractivity contribution in [2.45, 2.75) is 39.7 Å². The molecule has 92 valence electrons. The molecule has 0 aliphatic rings. The predicted octanol–water partition coefficient (Wildman–Crippen LogP) is 4.04. The van der Waals surface area contributed by atoms with Crippen LogP contribution in [0, 0.1) is 6.92 Å². The highest BCUT2D eigenvalue weighted by molar-refractivity contribution is 5.82. The van der Waals surface area contributed by atoms with Crippen LogP contribution in [0.1, 0.15) is 38.6 Å². The molecule has 0 fully saturated rings. The molecule has 0 aliphatic heterocycles. The second-order valence-electron chi connectivity index (χ2n) is 5.29. The van der Waals surface area contributed by atoms with Crippen molar-refractivity contribution in [2.75, 3.05) is 0 Å². The van der Waals surface area contributed by atoms with Crippen molar-refractivity contribution >= 4 is 10.9 Å². The van der Waals surface area contributed by atoms with E-state index in [0.717, 1.165) is 15.6 Å². The van der Waals surface area contributed by atoms with Crippen molar-refractivity contribution in [2.24, 2.45) is 0 Å². The Hall–Kier alpha value is -1.45. The summed E-state index contributed by atoms with van der Waals surface area (Å²) in [5.74, 6) is 0. The minimum atomic E-state index is -2.58. The molecule has 0 amide bonds. The van der Waals surface area contributed by atoms with Crippen LogP contribution in [-0.4, -0.2) is 9.78 Å². The van der Waals surface area contributed by atoms with Crippen LogP contribution in [0.2, 0.25) is 0 Å². The molecule has 17 heavy (non-hydrogen) atoms. The lowest BCUT2D eigenvalue weighted by Crippen LogP contribution is -2.10. The molecule has 4 heteroatoms. The van der Waals surface area contributed by atoms with Crippen molar-refractivity contribution < 1.29 is 8.78 Å². The number of nitrogens with zero attached hydrogens (tertiary/aromatic N) is 2. The van der Waals surface area contributed by atoms with E-state index in [9.17, 15) is 8.78 Å². The van der Waals surface area contributed by atoms with Gasteiger partial charge in [-0.3, -0.25) is 0 Å². The van der Waals surface area contributed by atoms with Gasteiger partial charge in [-0.1, -0.05) is 32.9 Å². The third-order valence-corrected chi connectivity index (χ3v) is 3.00. The number of rotatable bonds is 1. The van der Waals surface area contributed by atoms with E-state index < -0.39 is 6.55 Å². The van der Waals surface area contributed by atoms with E-state index >= 15 is 0 Å². The number of fused-ring (bicyclic) bond motifs is 1. The largest absolute Gasteiger partial charge is 0.333 e. The minimum absolute atomic E-state index is 0.00327. The van der Waals surface area contributed by atoms with E-state index in [1.54, 1.807) is 6.92 Å². The molecule has 2 rings (SSSR count). The summed E-state index contributed by atoms with van der Waals surface area (Å²) in [7, 11) is 0. The third-order valence-electron chi connectivity index (χ3n) is 3.00. The Kier molecular flexibility index (Phi) is 2.68. The van der Waals surface area contributed by atoms with Crippen LogP contribution in [0.4, 0.5) is 8.78 Å². The number of benzene rings is 1. The number of halogens is 2. The summed E-state index contributed by atoms with van der Waals surface area (Å²) in [5.41, 5.74) is 2.24. The molecule has 1 aromatic heterocycles. The molecule has 0 aliphatic carbocycles. The van der Waals surface area contributed by atoms with Crippen molar-refractivity contribution in [1.29, 1.82) is 0 Å². The van der Waals surface area contributed by atoms with Gasteiger partial charge in [-0.15, -0.1) is 0 Å². The lowest BCUT2D eigenvalue weighted by atomic mass is 9.86. The molecule has 1 heterocycles. The van der Waals surface area contributed by atoms with E-state index in [-0.39, 0.29) is 5.41 Å². The molecular weight excluding hydrogens is 222 g/mol. The summed E-state index contributed by atoms with van der Waals surface area (Å²) in [4.78, 5) is 0. The molecule has 0 saturated carbocycles. The van der Waals surface area contributed by atoms with Gasteiger partial charge in [0.2, 0.25) is 0 Å². The maximum atomic E-state index is 12.7. The van der Waals surface area contributed by atoms with Gasteiger partial charge < -0.3 is 0 Å². The van der Waals surface area contributed by atoms with Crippen molar-refractivity contribution in [3.05, 3.63) is 29.5 Å². The van der Waals surface area contributed by atoms with Gasteiger partial charge in [0, 0.05) is 11.1 Å². The lowest BCUT2D eigenvalue weighted by Gasteiger charge is -2.18. The van der Waals surface area contributed by atoms with Crippen molar-refractivity contribution in [1.82, 2.24) is 9.78 Å². The first kappa shape index (κ1) is 12.0. The average molecular weight is 238 g/mol. The van der Waals surface area contributed by atoms with E-state index in [1.165, 1.54) is 0 Å². The van der Waals surface area contributed by atoms with Crippen LogP contribution in [0.25, 0.3) is 10.9 Å². The summed E-state index contributed by atoms with van der Waals surface area (Å²) in [6.07, 6.45) is 0. The topological polar surface area (TPSA) is 17.8 Å². The Morgan fingerprint density at radius 2 is 1.88 bits per heavy atom. The van der Waals surface area contributed by atoms with Gasteiger partial charge in [0.15, 0.2) is 0 Å². The SMILES string of the molecule is Cc1c2ccc(C(C)(C)C)cc2nn1C(F)F. The molecule has 0 bridgehead atoms. The van der Waals surface area contributed by atoms with Crippen LogP contribution in [-0.2, 0) is 5.41 Å². The highest BCUT2D eigenvalue weighted by Crippen LogP contribution is 2.28. The zero-order valence-corrected chi connectivity index (χ0v) is 10.5. The minimum Gasteiger partial charge on any atom is -0.208 e. The van der Waals surface area contributed by atoms with Gasteiger partial charge in [-0.2, -0.15) is 13.9 Å². The van der Waals surface area contributed by atoms with Crippen LogP contribution in [0.15, 0.2) is 18.2 Å². The number of aromatic nitrogens is 2. The first-order valence-electron chi connectivity index (χ1n) is 5.58. The second-order valence-corrected chi connectivity index (χ2v) is 5.29. The van der Waals surface area contributed by atoms with E-state index in [0.29, 0.717) is 11.2 Å². The molecule has 2 nitrogen and oxygen atoms in total. The normalized spacial score (nSPS) is 12.6. The fraction of sp³-hybridized carbons (Fsp3) is 0.462. The Morgan fingerprint density at radius 3 is 2.41 bits per heavy atom. The maximum absolute atomic E-state index is 12.7. The fourth-order valence-corrected chi connectivity index (χ4v) is 1.89. The molecule has 0 saturated heterocycles. The van der Waals surface area contributed by atoms with Gasteiger partial charge in [0.05, 0.1) is 5.52 Å². The molecule has 0 spiro atoms. The summed E-state index contributed by atoms with van der Waals surface area (Å²) in [5, 5.41) is 4.74. The van der Waals surface area contributed by atoms with Crippen LogP contribution in [0.5, 0.6) is 0 Å². The van der Waals surface area contributed by atoms with E-state index in [1.807, 2.05) is 18.2 Å². The van der Waals surface area contributed by atoms with Crippen molar-refractivity contribution in [3.63, 3.8) is 0 Å². The second kappa shape index (κ2) is 3.79. The number of hydrogen-bond donors (Lipinski definition) is 0. The van der Waals surface area contributed by atoms with E-state index in [2.05, 4.69) is 25.9 Å². The highest BCUT2D eigenvalue weighted by atomic mass is 19.3. The van der Waals surface area contributed by atoms with E-state index in [4.69, 9.17) is 0 Å². The number of hydrogen-bond acceptors (Lipinski definition) is 1. The molecule has 2 aromatic rings. The summed E-state index contributed by atoms with van der Waals surface area (Å²) >= 11 is 0. The van der Waals surface area contributed by atoms with Gasteiger partial charge in [0.25, 0.3) is 0 Å². The summed E-state index contributed by atoms with van der Waals surface area (Å²) < 4.78 is 26.2. The smallest absolute Gasteiger partial charge is 0.208 e. The Labute approximate surface area is 99.2 Å². The quantitative estimate of drug-likeness (QED) is 0.733. The number of aryl methyl sites for hydroxylation is 1. The molecule has 0 N–H and O–H groups in total. The summed E-state index contributed by atoms with van der Waals surface area (Å²) in [6.45, 7) is 5.35. The maximum Gasteiger partial charge on any atom is 0.333 e. The molecule has 0 unspecified atom stereocenters. The first-order chi connectivity index (χ1) is 7.80. The fourth-order valence-electron chi connectivity index (χ4n) is 1.89. The van der Waals surface area contributed by atoms with Gasteiger partial charge in [-0.25, -0.2) is 4.68 Å². The molecule has 1 aromatic carbocycles. The Bertz CT molecular complexity index is 550. The van der Waals surface area contributed by atoms with Gasteiger partial charge in [-0.05, 0) is 24.0 Å². The van der Waals surface area contributed by atoms with Crippen molar-refractivity contribution in [3.8, 4) is 0 Å². The standard InChI is InChI=1S/C13H16F2N2/c1-8-10-6-5-9(13(2,3)4)7-11(10)16-17(8)12(14)15/h5-7,12H,1-4H3. The highest BCUT2D eigenvalue weighted by Gasteiger charge is 2.18. The third kappa shape index (κ3) is 2.04. The zero-order valence-electron chi connectivity index (χ0n) is 10.5. The molecular formula is C13H16F2N2. The average Bonchev–Trinajstić information content (AvgIpc) is 2.54. The molecule has 0 radical (unpaired) electrons. The van der Waals surface area contributed by atoms with Gasteiger partial charge in [0.1, 0.15) is 0 Å². The molecule has 0 atom stereocenters. The predicted molar refractivity (Wildman–Crippen MR) is 64.4 cm³/mol. The number of alkyl halides is 2.